The predicted octanol–water partition coefficient (Wildman–Crippen LogP) is 9.03. The summed E-state index contributed by atoms with van der Waals surface area (Å²) in [6, 6.07) is 5.37. The number of hydrogen-bond donors (Lipinski definition) is 1. The Balaban J connectivity index is 2.35. The Bertz CT molecular complexity index is 1100. The average molecular weight is 544 g/mol. The van der Waals surface area contributed by atoms with Crippen LogP contribution in [0.2, 0.25) is 10.0 Å². The molecule has 0 aliphatic rings. The van der Waals surface area contributed by atoms with Crippen molar-refractivity contribution < 1.29 is 35.1 Å². The molecule has 2 aromatic rings. The van der Waals surface area contributed by atoms with Gasteiger partial charge in [0, 0.05) is 11.3 Å². The summed E-state index contributed by atoms with van der Waals surface area (Å²) >= 11 is 11.2. The van der Waals surface area contributed by atoms with E-state index < -0.39 is 52.1 Å². The highest BCUT2D eigenvalue weighted by atomic mass is 35.5. The molecule has 190 valence electrons. The zero-order valence-corrected chi connectivity index (χ0v) is 19.4. The molecule has 35 heavy (non-hydrogen) atoms. The topological polar surface area (TPSA) is 12.0 Å². The van der Waals surface area contributed by atoms with Crippen molar-refractivity contribution >= 4 is 35.1 Å². The van der Waals surface area contributed by atoms with Crippen LogP contribution in [-0.2, 0) is 6.42 Å². The first-order valence-electron chi connectivity index (χ1n) is 9.95. The Morgan fingerprint density at radius 2 is 1.63 bits per heavy atom. The Morgan fingerprint density at radius 3 is 2.14 bits per heavy atom. The maximum absolute atomic E-state index is 15.0. The molecule has 0 bridgehead atoms. The van der Waals surface area contributed by atoms with E-state index in [1.165, 1.54) is 24.3 Å². The largest absolute Gasteiger partial charge is 0.405 e. The van der Waals surface area contributed by atoms with Gasteiger partial charge in [0.15, 0.2) is 5.82 Å². The van der Waals surface area contributed by atoms with Gasteiger partial charge in [0.05, 0.1) is 10.0 Å². The van der Waals surface area contributed by atoms with E-state index in [0.717, 1.165) is 12.1 Å². The number of alkyl halides is 6. The molecule has 1 unspecified atom stereocenters. The average Bonchev–Trinajstić information content (AvgIpc) is 2.76. The van der Waals surface area contributed by atoms with E-state index >= 15 is 0 Å². The Morgan fingerprint density at radius 1 is 1.03 bits per heavy atom. The van der Waals surface area contributed by atoms with Gasteiger partial charge in [-0.3, -0.25) is 0 Å². The van der Waals surface area contributed by atoms with Crippen molar-refractivity contribution in [1.29, 1.82) is 0 Å². The van der Waals surface area contributed by atoms with Crippen LogP contribution in [0.1, 0.15) is 34.6 Å². The van der Waals surface area contributed by atoms with Gasteiger partial charge >= 0.3 is 12.4 Å². The summed E-state index contributed by atoms with van der Waals surface area (Å²) in [5.41, 5.74) is 0.287. The second kappa shape index (κ2) is 11.5. The van der Waals surface area contributed by atoms with E-state index in [2.05, 4.69) is 18.5 Å². The molecule has 2 rings (SSSR count). The third-order valence-electron chi connectivity index (χ3n) is 4.90. The molecule has 0 aliphatic heterocycles. The van der Waals surface area contributed by atoms with Gasteiger partial charge in [-0.05, 0) is 53.8 Å². The molecular weight excluding hydrogens is 525 g/mol. The van der Waals surface area contributed by atoms with E-state index in [1.807, 2.05) is 0 Å². The highest BCUT2D eigenvalue weighted by Gasteiger charge is 2.40. The zero-order chi connectivity index (χ0) is 26.6. The van der Waals surface area contributed by atoms with Gasteiger partial charge in [0.1, 0.15) is 18.3 Å². The molecule has 0 heterocycles. The van der Waals surface area contributed by atoms with Crippen LogP contribution in [0.3, 0.4) is 0 Å². The van der Waals surface area contributed by atoms with Crippen LogP contribution in [0.15, 0.2) is 55.3 Å². The number of hydrogen-bond acceptors (Lipinski definition) is 1. The van der Waals surface area contributed by atoms with Crippen molar-refractivity contribution in [2.24, 2.45) is 0 Å². The summed E-state index contributed by atoms with van der Waals surface area (Å²) in [7, 11) is 0. The summed E-state index contributed by atoms with van der Waals surface area (Å²) in [5.74, 6) is -4.81. The molecule has 0 spiro atoms. The molecule has 0 amide bonds. The maximum atomic E-state index is 15.0. The summed E-state index contributed by atoms with van der Waals surface area (Å²) < 4.78 is 107. The summed E-state index contributed by atoms with van der Waals surface area (Å²) in [6.45, 7) is 5.85. The summed E-state index contributed by atoms with van der Waals surface area (Å²) in [4.78, 5) is 0. The molecule has 0 saturated carbocycles. The highest BCUT2D eigenvalue weighted by molar-refractivity contribution is 6.35. The quantitative estimate of drug-likeness (QED) is 0.245. The van der Waals surface area contributed by atoms with Crippen molar-refractivity contribution in [3.63, 3.8) is 0 Å². The van der Waals surface area contributed by atoms with E-state index in [0.29, 0.717) is 17.2 Å². The van der Waals surface area contributed by atoms with Gasteiger partial charge in [-0.2, -0.15) is 26.3 Å². The van der Waals surface area contributed by atoms with Gasteiger partial charge in [-0.15, -0.1) is 0 Å². The van der Waals surface area contributed by atoms with Crippen LogP contribution in [0.5, 0.6) is 0 Å². The van der Waals surface area contributed by atoms with E-state index in [4.69, 9.17) is 23.2 Å². The van der Waals surface area contributed by atoms with Crippen molar-refractivity contribution in [2.75, 3.05) is 6.54 Å². The van der Waals surface area contributed by atoms with Gasteiger partial charge in [0.25, 0.3) is 0 Å². The summed E-state index contributed by atoms with van der Waals surface area (Å²) in [6.07, 6.45) is -7.46. The van der Waals surface area contributed by atoms with Gasteiger partial charge in [0.2, 0.25) is 0 Å². The second-order valence-electron chi connectivity index (χ2n) is 7.52. The van der Waals surface area contributed by atoms with Crippen LogP contribution in [0.25, 0.3) is 11.9 Å². The fourth-order valence-electron chi connectivity index (χ4n) is 3.15. The Hall–Kier alpha value is -2.52. The number of rotatable bonds is 9. The molecule has 1 atom stereocenters. The number of benzene rings is 2. The SMILES string of the molecule is C=Cc1ccc(/C(F)=C/C(c2cc(Cl)c(F)c(Cl)c2)C(F)(F)F)cc1CCC(=C)NCC(F)(F)F. The van der Waals surface area contributed by atoms with Crippen molar-refractivity contribution in [1.82, 2.24) is 5.32 Å². The van der Waals surface area contributed by atoms with Crippen LogP contribution in [0.4, 0.5) is 35.1 Å². The number of aryl methyl sites for hydroxylation is 1. The van der Waals surface area contributed by atoms with Crippen LogP contribution in [-0.4, -0.2) is 18.9 Å². The summed E-state index contributed by atoms with van der Waals surface area (Å²) in [5, 5.41) is 0.846. The molecule has 1 nitrogen and oxygen atoms in total. The minimum Gasteiger partial charge on any atom is -0.380 e. The fourth-order valence-corrected chi connectivity index (χ4v) is 3.65. The predicted molar refractivity (Wildman–Crippen MR) is 122 cm³/mol. The first kappa shape index (κ1) is 28.7. The van der Waals surface area contributed by atoms with Crippen molar-refractivity contribution in [3.8, 4) is 0 Å². The highest BCUT2D eigenvalue weighted by Crippen LogP contribution is 2.41. The third-order valence-corrected chi connectivity index (χ3v) is 5.45. The molecule has 1 N–H and O–H groups in total. The zero-order valence-electron chi connectivity index (χ0n) is 17.9. The number of allylic oxidation sites excluding steroid dienone is 2. The van der Waals surface area contributed by atoms with Gasteiger partial charge < -0.3 is 5.32 Å². The van der Waals surface area contributed by atoms with E-state index in [1.54, 1.807) is 0 Å². The lowest BCUT2D eigenvalue weighted by atomic mass is 9.94. The third kappa shape index (κ3) is 8.28. The van der Waals surface area contributed by atoms with E-state index in [-0.39, 0.29) is 24.1 Å². The molecule has 0 saturated heterocycles. The number of halogens is 10. The van der Waals surface area contributed by atoms with Crippen molar-refractivity contribution in [2.45, 2.75) is 31.1 Å². The minimum atomic E-state index is -4.95. The van der Waals surface area contributed by atoms with Crippen molar-refractivity contribution in [3.05, 3.63) is 93.4 Å². The Kier molecular flexibility index (Phi) is 9.42. The molecule has 0 radical (unpaired) electrons. The molecular formula is C24H19Cl2F8N. The standard InChI is InChI=1S/C24H19Cl2F8N/c1-3-14-6-7-16(8-15(14)5-4-13(2)35-12-23(29,30)31)21(27)11-18(24(32,33)34)17-9-19(25)22(28)20(26)10-17/h3,6-11,18,35H,1-2,4-5,12H2/b21-11-. The lowest BCUT2D eigenvalue weighted by Crippen LogP contribution is -2.28. The second-order valence-corrected chi connectivity index (χ2v) is 8.34. The first-order valence-corrected chi connectivity index (χ1v) is 10.7. The lowest BCUT2D eigenvalue weighted by molar-refractivity contribution is -0.139. The first-order chi connectivity index (χ1) is 16.1. The monoisotopic (exact) mass is 543 g/mol. The van der Waals surface area contributed by atoms with Crippen LogP contribution < -0.4 is 5.32 Å². The molecule has 0 fully saturated rings. The molecule has 0 aromatic heterocycles. The smallest absolute Gasteiger partial charge is 0.380 e. The molecule has 2 aromatic carbocycles. The van der Waals surface area contributed by atoms with Crippen LogP contribution in [0, 0.1) is 5.82 Å². The number of nitrogens with one attached hydrogen (secondary N) is 1. The van der Waals surface area contributed by atoms with E-state index in [9.17, 15) is 35.1 Å². The molecule has 11 heteroatoms. The normalized spacial score (nSPS) is 13.5. The maximum Gasteiger partial charge on any atom is 0.405 e. The minimum absolute atomic E-state index is 0.0590. The van der Waals surface area contributed by atoms with Gasteiger partial charge in [-0.1, -0.05) is 54.6 Å². The van der Waals surface area contributed by atoms with Crippen LogP contribution >= 0.6 is 23.2 Å². The fraction of sp³-hybridized carbons (Fsp3) is 0.250. The van der Waals surface area contributed by atoms with Gasteiger partial charge in [-0.25, -0.2) is 8.78 Å². The molecule has 0 aliphatic carbocycles. The Labute approximate surface area is 206 Å². The lowest BCUT2D eigenvalue weighted by Gasteiger charge is -2.19.